The molecule has 0 bridgehead atoms. The van der Waals surface area contributed by atoms with Crippen molar-refractivity contribution in [3.8, 4) is 0 Å². The van der Waals surface area contributed by atoms with Crippen LogP contribution in [0.1, 0.15) is 38.1 Å². The van der Waals surface area contributed by atoms with Crippen LogP contribution in [-0.4, -0.2) is 51.1 Å². The molecule has 0 radical (unpaired) electrons. The molecule has 0 aliphatic carbocycles. The summed E-state index contributed by atoms with van der Waals surface area (Å²) in [6.45, 7) is 7.54. The van der Waals surface area contributed by atoms with Crippen LogP contribution in [0, 0.1) is 6.92 Å². The van der Waals surface area contributed by atoms with Gasteiger partial charge in [-0.25, -0.2) is 4.98 Å². The molecule has 3 N–H and O–H groups in total. The van der Waals surface area contributed by atoms with Crippen LogP contribution in [0.3, 0.4) is 0 Å². The molecule has 0 unspecified atom stereocenters. The van der Waals surface area contributed by atoms with Crippen LogP contribution >= 0.6 is 12.2 Å². The van der Waals surface area contributed by atoms with Gasteiger partial charge >= 0.3 is 0 Å². The molecule has 1 fully saturated rings. The number of thiocarbonyl (C=S) groups is 1. The molecule has 0 spiro atoms. The van der Waals surface area contributed by atoms with Gasteiger partial charge in [-0.3, -0.25) is 4.79 Å². The van der Waals surface area contributed by atoms with Crippen molar-refractivity contribution in [2.75, 3.05) is 13.1 Å². The summed E-state index contributed by atoms with van der Waals surface area (Å²) in [5.41, 5.74) is 3.23. The standard InChI is InChI=1S/C19H27N5OS/c1-4-24(18(25)11-14-10-13(3)20-19(26)21-14)8-7-17-22-15-6-5-12(2)9-16(15)23-17/h5-6,9,13-14H,4,7-8,10-11H2,1-3H3,(H,22,23)(H2,20,21,26)/t13-,14+/m1/s1. The number of benzene rings is 1. The number of carbonyl (C=O) groups excluding carboxylic acids is 1. The highest BCUT2D eigenvalue weighted by Gasteiger charge is 2.24. The van der Waals surface area contributed by atoms with E-state index in [4.69, 9.17) is 12.2 Å². The summed E-state index contributed by atoms with van der Waals surface area (Å²) >= 11 is 5.20. The second-order valence-corrected chi connectivity index (χ2v) is 7.49. The fourth-order valence-electron chi connectivity index (χ4n) is 3.46. The molecular weight excluding hydrogens is 346 g/mol. The third-order valence-electron chi connectivity index (χ3n) is 4.81. The molecule has 3 rings (SSSR count). The molecule has 1 saturated heterocycles. The number of rotatable bonds is 6. The Hall–Kier alpha value is -2.15. The van der Waals surface area contributed by atoms with E-state index >= 15 is 0 Å². The van der Waals surface area contributed by atoms with Crippen LogP contribution in [-0.2, 0) is 11.2 Å². The van der Waals surface area contributed by atoms with E-state index in [9.17, 15) is 4.79 Å². The van der Waals surface area contributed by atoms with Crippen molar-refractivity contribution in [3.05, 3.63) is 29.6 Å². The Balaban J connectivity index is 1.57. The third-order valence-corrected chi connectivity index (χ3v) is 5.05. The van der Waals surface area contributed by atoms with Gasteiger partial charge < -0.3 is 20.5 Å². The first-order valence-corrected chi connectivity index (χ1v) is 9.65. The maximum Gasteiger partial charge on any atom is 0.224 e. The highest BCUT2D eigenvalue weighted by molar-refractivity contribution is 7.80. The predicted octanol–water partition coefficient (Wildman–Crippen LogP) is 2.28. The lowest BCUT2D eigenvalue weighted by Crippen LogP contribution is -2.54. The van der Waals surface area contributed by atoms with Gasteiger partial charge in [0.25, 0.3) is 0 Å². The van der Waals surface area contributed by atoms with Crippen molar-refractivity contribution >= 4 is 34.3 Å². The summed E-state index contributed by atoms with van der Waals surface area (Å²) in [5, 5.41) is 7.02. The van der Waals surface area contributed by atoms with Gasteiger partial charge in [-0.2, -0.15) is 0 Å². The molecule has 1 aliphatic heterocycles. The minimum Gasteiger partial charge on any atom is -0.360 e. The highest BCUT2D eigenvalue weighted by atomic mass is 32.1. The minimum atomic E-state index is 0.106. The first-order valence-electron chi connectivity index (χ1n) is 9.24. The number of nitrogens with one attached hydrogen (secondary N) is 3. The van der Waals surface area contributed by atoms with Gasteiger partial charge in [0.05, 0.1) is 11.0 Å². The van der Waals surface area contributed by atoms with Crippen LogP contribution in [0.4, 0.5) is 0 Å². The van der Waals surface area contributed by atoms with Gasteiger partial charge in [0, 0.05) is 38.0 Å². The monoisotopic (exact) mass is 373 g/mol. The second kappa shape index (κ2) is 8.03. The molecular formula is C19H27N5OS. The van der Waals surface area contributed by atoms with Gasteiger partial charge in [-0.15, -0.1) is 0 Å². The summed E-state index contributed by atoms with van der Waals surface area (Å²) < 4.78 is 0. The zero-order valence-electron chi connectivity index (χ0n) is 15.6. The number of aromatic nitrogens is 2. The molecule has 0 saturated carbocycles. The van der Waals surface area contributed by atoms with Gasteiger partial charge in [-0.05, 0) is 57.1 Å². The summed E-state index contributed by atoms with van der Waals surface area (Å²) in [6, 6.07) is 6.60. The maximum atomic E-state index is 12.7. The van der Waals surface area contributed by atoms with E-state index in [0.29, 0.717) is 30.7 Å². The van der Waals surface area contributed by atoms with Crippen molar-refractivity contribution in [3.63, 3.8) is 0 Å². The molecule has 6 nitrogen and oxygen atoms in total. The SMILES string of the molecule is CCN(CCc1nc2ccc(C)cc2[nH]1)C(=O)C[C@@H]1C[C@@H](C)NC(=S)N1. The third kappa shape index (κ3) is 4.52. The number of hydrogen-bond acceptors (Lipinski definition) is 3. The number of amides is 1. The fourth-order valence-corrected chi connectivity index (χ4v) is 3.83. The van der Waals surface area contributed by atoms with Gasteiger partial charge in [0.15, 0.2) is 5.11 Å². The number of aryl methyl sites for hydroxylation is 1. The lowest BCUT2D eigenvalue weighted by Gasteiger charge is -2.32. The van der Waals surface area contributed by atoms with Crippen LogP contribution in [0.2, 0.25) is 0 Å². The smallest absolute Gasteiger partial charge is 0.224 e. The maximum absolute atomic E-state index is 12.7. The molecule has 2 atom stereocenters. The number of imidazole rings is 1. The summed E-state index contributed by atoms with van der Waals surface area (Å²) in [5.74, 6) is 1.08. The Bertz CT molecular complexity index is 802. The van der Waals surface area contributed by atoms with Gasteiger partial charge in [0.1, 0.15) is 5.82 Å². The van der Waals surface area contributed by atoms with E-state index in [-0.39, 0.29) is 11.9 Å². The van der Waals surface area contributed by atoms with Crippen LogP contribution in [0.15, 0.2) is 18.2 Å². The van der Waals surface area contributed by atoms with E-state index in [2.05, 4.69) is 46.6 Å². The number of nitrogens with zero attached hydrogens (tertiary/aromatic N) is 2. The second-order valence-electron chi connectivity index (χ2n) is 7.08. The van der Waals surface area contributed by atoms with Crippen LogP contribution < -0.4 is 10.6 Å². The Morgan fingerprint density at radius 1 is 1.38 bits per heavy atom. The summed E-state index contributed by atoms with van der Waals surface area (Å²) in [4.78, 5) is 22.6. The first kappa shape index (κ1) is 18.6. The molecule has 1 aromatic heterocycles. The van der Waals surface area contributed by atoms with E-state index in [1.807, 2.05) is 17.9 Å². The number of carbonyl (C=O) groups is 1. The Kier molecular flexibility index (Phi) is 5.76. The summed E-state index contributed by atoms with van der Waals surface area (Å²) in [7, 11) is 0. The van der Waals surface area contributed by atoms with Gasteiger partial charge in [0.2, 0.25) is 5.91 Å². The number of H-pyrrole nitrogens is 1. The van der Waals surface area contributed by atoms with Crippen molar-refractivity contribution in [2.45, 2.75) is 52.1 Å². The number of likely N-dealkylation sites (N-methyl/N-ethyl adjacent to an activating group) is 1. The molecule has 7 heteroatoms. The number of aromatic amines is 1. The average molecular weight is 374 g/mol. The average Bonchev–Trinajstić information content (AvgIpc) is 2.96. The van der Waals surface area contributed by atoms with Crippen LogP contribution in [0.25, 0.3) is 11.0 Å². The molecule has 1 amide bonds. The topological polar surface area (TPSA) is 73.0 Å². The highest BCUT2D eigenvalue weighted by Crippen LogP contribution is 2.14. The van der Waals surface area contributed by atoms with E-state index in [1.54, 1.807) is 0 Å². The molecule has 140 valence electrons. The number of hydrogen-bond donors (Lipinski definition) is 3. The largest absolute Gasteiger partial charge is 0.360 e. The molecule has 1 aliphatic rings. The Labute approximate surface area is 159 Å². The van der Waals surface area contributed by atoms with Crippen molar-refractivity contribution in [1.82, 2.24) is 25.5 Å². The zero-order valence-corrected chi connectivity index (χ0v) is 16.4. The zero-order chi connectivity index (χ0) is 18.7. The Morgan fingerprint density at radius 2 is 2.19 bits per heavy atom. The van der Waals surface area contributed by atoms with Crippen LogP contribution in [0.5, 0.6) is 0 Å². The molecule has 2 aromatic rings. The van der Waals surface area contributed by atoms with Gasteiger partial charge in [-0.1, -0.05) is 6.07 Å². The van der Waals surface area contributed by atoms with Crippen molar-refractivity contribution in [1.29, 1.82) is 0 Å². The Morgan fingerprint density at radius 3 is 2.92 bits per heavy atom. The lowest BCUT2D eigenvalue weighted by atomic mass is 10.0. The molecule has 26 heavy (non-hydrogen) atoms. The predicted molar refractivity (Wildman–Crippen MR) is 108 cm³/mol. The lowest BCUT2D eigenvalue weighted by molar-refractivity contribution is -0.131. The van der Waals surface area contributed by atoms with Crippen molar-refractivity contribution in [2.24, 2.45) is 0 Å². The molecule has 2 heterocycles. The number of fused-ring (bicyclic) bond motifs is 1. The first-order chi connectivity index (χ1) is 12.4. The fraction of sp³-hybridized carbons (Fsp3) is 0.526. The quantitative estimate of drug-likeness (QED) is 0.678. The minimum absolute atomic E-state index is 0.106. The summed E-state index contributed by atoms with van der Waals surface area (Å²) in [6.07, 6.45) is 2.09. The van der Waals surface area contributed by atoms with Crippen molar-refractivity contribution < 1.29 is 4.79 Å². The van der Waals surface area contributed by atoms with E-state index in [0.717, 1.165) is 29.7 Å². The van der Waals surface area contributed by atoms with E-state index < -0.39 is 0 Å². The van der Waals surface area contributed by atoms with E-state index in [1.165, 1.54) is 5.56 Å². The normalized spacial score (nSPS) is 19.9. The molecule has 1 aromatic carbocycles.